The molecule has 49 heavy (non-hydrogen) atoms. The molecule has 12 heteroatoms. The Labute approximate surface area is 284 Å². The fourth-order valence-electron chi connectivity index (χ4n) is 3.65. The summed E-state index contributed by atoms with van der Waals surface area (Å²) in [5.74, 6) is -0.597. The highest BCUT2D eigenvalue weighted by Crippen LogP contribution is 2.33. The zero-order valence-corrected chi connectivity index (χ0v) is 28.0. The van der Waals surface area contributed by atoms with Gasteiger partial charge in [-0.05, 0) is 70.2 Å². The number of amides is 2. The maximum absolute atomic E-state index is 14.2. The van der Waals surface area contributed by atoms with E-state index in [9.17, 15) is 23.9 Å². The predicted molar refractivity (Wildman–Crippen MR) is 189 cm³/mol. The summed E-state index contributed by atoms with van der Waals surface area (Å²) >= 11 is 0. The Hall–Kier alpha value is -6.01. The van der Waals surface area contributed by atoms with Crippen molar-refractivity contribution in [2.75, 3.05) is 24.3 Å². The molecule has 0 spiro atoms. The second kappa shape index (κ2) is 19.6. The molecule has 2 amide bonds. The summed E-state index contributed by atoms with van der Waals surface area (Å²) < 4.78 is 25.5. The molecule has 4 aromatic rings. The number of ether oxygens (including phenoxy) is 2. The average Bonchev–Trinajstić information content (AvgIpc) is 3.07. The molecule has 0 aliphatic heterocycles. The molecule has 11 nitrogen and oxygen atoms in total. The molecule has 258 valence electrons. The molecular weight excluding hydrogens is 631 g/mol. The van der Waals surface area contributed by atoms with E-state index in [4.69, 9.17) is 14.6 Å². The van der Waals surface area contributed by atoms with Crippen molar-refractivity contribution < 1.29 is 38.5 Å². The van der Waals surface area contributed by atoms with Crippen LogP contribution in [0.5, 0.6) is 17.2 Å². The van der Waals surface area contributed by atoms with Gasteiger partial charge in [0, 0.05) is 59.5 Å². The quantitative estimate of drug-likeness (QED) is 0.0617. The molecular formula is C37H41FN4O7. The third-order valence-corrected chi connectivity index (χ3v) is 6.33. The van der Waals surface area contributed by atoms with Crippen molar-refractivity contribution in [3.63, 3.8) is 0 Å². The van der Waals surface area contributed by atoms with Gasteiger partial charge in [-0.2, -0.15) is 0 Å². The topological polar surface area (TPSA) is 159 Å². The Kier molecular flexibility index (Phi) is 15.7. The van der Waals surface area contributed by atoms with Gasteiger partial charge in [-0.3, -0.25) is 14.6 Å². The molecule has 0 saturated carbocycles. The van der Waals surface area contributed by atoms with Crippen molar-refractivity contribution in [1.82, 2.24) is 10.3 Å². The van der Waals surface area contributed by atoms with Crippen molar-refractivity contribution in [2.45, 2.75) is 33.3 Å². The molecule has 5 N–H and O–H groups in total. The predicted octanol–water partition coefficient (Wildman–Crippen LogP) is 6.84. The van der Waals surface area contributed by atoms with Gasteiger partial charge < -0.3 is 35.6 Å². The molecule has 4 rings (SSSR count). The maximum Gasteiger partial charge on any atom is 0.328 e. The van der Waals surface area contributed by atoms with Crippen molar-refractivity contribution in [3.05, 3.63) is 121 Å². The summed E-state index contributed by atoms with van der Waals surface area (Å²) in [6.07, 6.45) is 5.82. The minimum Gasteiger partial charge on any atom is -0.491 e. The van der Waals surface area contributed by atoms with Crippen LogP contribution in [0.2, 0.25) is 0 Å². The zero-order valence-electron chi connectivity index (χ0n) is 28.0. The Balaban J connectivity index is 0.000000317. The Morgan fingerprint density at radius 1 is 1.00 bits per heavy atom. The number of carbonyl (C=O) groups excluding carboxylic acids is 2. The molecule has 0 bridgehead atoms. The van der Waals surface area contributed by atoms with Crippen LogP contribution in [0.1, 0.15) is 27.7 Å². The SMILES string of the molecule is C=C/C=C\C(=O)O.CC(C)(O)COc1ccc2c(Oc3ccc(NC=O)cc3F)ccnc2c1.CN/C(C)=C(/C)C(=O)Nc1ccccc1. The number of aromatic nitrogens is 1. The summed E-state index contributed by atoms with van der Waals surface area (Å²) in [4.78, 5) is 36.1. The number of aliphatic carboxylic acids is 1. The first-order valence-corrected chi connectivity index (χ1v) is 14.9. The molecule has 3 aromatic carbocycles. The van der Waals surface area contributed by atoms with E-state index < -0.39 is 17.4 Å². The van der Waals surface area contributed by atoms with Crippen LogP contribution in [0.15, 0.2) is 115 Å². The molecule has 0 saturated heterocycles. The molecule has 0 unspecified atom stereocenters. The fourth-order valence-corrected chi connectivity index (χ4v) is 3.65. The lowest BCUT2D eigenvalue weighted by atomic mass is 10.1. The van der Waals surface area contributed by atoms with Crippen LogP contribution in [0.25, 0.3) is 10.9 Å². The number of allylic oxidation sites excluding steroid dienone is 3. The van der Waals surface area contributed by atoms with Crippen LogP contribution >= 0.6 is 0 Å². The van der Waals surface area contributed by atoms with Gasteiger partial charge in [0.05, 0.1) is 11.1 Å². The van der Waals surface area contributed by atoms with Crippen LogP contribution < -0.4 is 25.4 Å². The number of anilines is 2. The van der Waals surface area contributed by atoms with Crippen LogP contribution in [0.3, 0.4) is 0 Å². The lowest BCUT2D eigenvalue weighted by molar-refractivity contribution is -0.131. The first-order chi connectivity index (χ1) is 23.3. The van der Waals surface area contributed by atoms with Gasteiger partial charge >= 0.3 is 5.97 Å². The van der Waals surface area contributed by atoms with E-state index in [-0.39, 0.29) is 18.3 Å². The monoisotopic (exact) mass is 672 g/mol. The third-order valence-electron chi connectivity index (χ3n) is 6.33. The number of benzene rings is 3. The van der Waals surface area contributed by atoms with Crippen LogP contribution in [-0.2, 0) is 14.4 Å². The third kappa shape index (κ3) is 14.1. The van der Waals surface area contributed by atoms with Crippen LogP contribution in [0, 0.1) is 5.82 Å². The molecule has 0 aliphatic carbocycles. The highest BCUT2D eigenvalue weighted by Gasteiger charge is 2.14. The van der Waals surface area contributed by atoms with E-state index in [1.807, 2.05) is 37.3 Å². The summed E-state index contributed by atoms with van der Waals surface area (Å²) in [6.45, 7) is 10.4. The van der Waals surface area contributed by atoms with Crippen molar-refractivity contribution in [1.29, 1.82) is 0 Å². The second-order valence-electron chi connectivity index (χ2n) is 10.9. The van der Waals surface area contributed by atoms with Gasteiger partial charge in [-0.1, -0.05) is 36.9 Å². The summed E-state index contributed by atoms with van der Waals surface area (Å²) in [6, 6.07) is 20.4. The number of pyridine rings is 1. The molecule has 0 atom stereocenters. The first kappa shape index (κ1) is 39.2. The lowest BCUT2D eigenvalue weighted by Gasteiger charge is -2.18. The summed E-state index contributed by atoms with van der Waals surface area (Å²) in [5, 5.41) is 26.5. The van der Waals surface area contributed by atoms with Crippen molar-refractivity contribution in [2.24, 2.45) is 0 Å². The molecule has 0 radical (unpaired) electrons. The number of carboxylic acids is 1. The number of para-hydroxylation sites is 1. The molecule has 1 heterocycles. The largest absolute Gasteiger partial charge is 0.491 e. The maximum atomic E-state index is 14.2. The van der Waals surface area contributed by atoms with E-state index in [0.717, 1.165) is 17.5 Å². The zero-order chi connectivity index (χ0) is 36.4. The van der Waals surface area contributed by atoms with Gasteiger partial charge in [0.1, 0.15) is 18.1 Å². The number of nitrogens with zero attached hydrogens (tertiary/aromatic N) is 1. The van der Waals surface area contributed by atoms with E-state index in [0.29, 0.717) is 40.1 Å². The van der Waals surface area contributed by atoms with Gasteiger partial charge in [0.15, 0.2) is 11.6 Å². The van der Waals surface area contributed by atoms with Gasteiger partial charge in [-0.15, -0.1) is 0 Å². The number of carbonyl (C=O) groups is 3. The van der Waals surface area contributed by atoms with Gasteiger partial charge in [0.2, 0.25) is 6.41 Å². The smallest absolute Gasteiger partial charge is 0.328 e. The molecule has 0 aliphatic rings. The van der Waals surface area contributed by atoms with E-state index in [1.54, 1.807) is 64.3 Å². The molecule has 1 aromatic heterocycles. The Bertz CT molecular complexity index is 1790. The highest BCUT2D eigenvalue weighted by atomic mass is 19.1. The highest BCUT2D eigenvalue weighted by molar-refractivity contribution is 6.03. The number of fused-ring (bicyclic) bond motifs is 1. The Morgan fingerprint density at radius 2 is 1.71 bits per heavy atom. The van der Waals surface area contributed by atoms with Crippen molar-refractivity contribution in [3.8, 4) is 17.2 Å². The van der Waals surface area contributed by atoms with E-state index >= 15 is 0 Å². The molecule has 0 fully saturated rings. The fraction of sp³-hybridized carbons (Fsp3) is 0.189. The lowest BCUT2D eigenvalue weighted by Crippen LogP contribution is -2.27. The number of hydrogen-bond donors (Lipinski definition) is 5. The number of aliphatic hydroxyl groups is 1. The van der Waals surface area contributed by atoms with E-state index in [1.165, 1.54) is 24.3 Å². The number of hydrogen-bond acceptors (Lipinski definition) is 8. The number of nitrogens with one attached hydrogen (secondary N) is 3. The number of halogens is 1. The average molecular weight is 673 g/mol. The number of carboxylic acid groups (broad SMARTS) is 1. The van der Waals surface area contributed by atoms with Crippen LogP contribution in [-0.4, -0.2) is 52.7 Å². The first-order valence-electron chi connectivity index (χ1n) is 14.9. The van der Waals surface area contributed by atoms with E-state index in [2.05, 4.69) is 27.5 Å². The number of rotatable bonds is 12. The minimum absolute atomic E-state index is 0.0290. The summed E-state index contributed by atoms with van der Waals surface area (Å²) in [5.41, 5.74) is 2.38. The summed E-state index contributed by atoms with van der Waals surface area (Å²) in [7, 11) is 1.80. The van der Waals surface area contributed by atoms with Gasteiger partial charge in [0.25, 0.3) is 5.91 Å². The minimum atomic E-state index is -0.949. The standard InChI is InChI=1S/C20H19FN2O4.C12H16N2O.C5H6O2/c1-20(2,25)11-26-14-4-5-15-17(10-14)22-8-7-18(15)27-19-6-3-13(23-12-24)9-16(19)21;1-9(10(2)13-3)12(15)14-11-7-5-4-6-8-11;1-2-3-4-5(6)7/h3-10,12,25H,11H2,1-2H3,(H,23,24);4-8,13H,1-3H3,(H,14,15);2-4H,1H2,(H,6,7)/b;10-9-;4-3-. The normalized spacial score (nSPS) is 11.1. The van der Waals surface area contributed by atoms with Crippen LogP contribution in [0.4, 0.5) is 15.8 Å². The van der Waals surface area contributed by atoms with Gasteiger partial charge in [-0.25, -0.2) is 9.18 Å². The van der Waals surface area contributed by atoms with Crippen molar-refractivity contribution >= 4 is 40.6 Å². The Morgan fingerprint density at radius 3 is 2.29 bits per heavy atom. The second-order valence-corrected chi connectivity index (χ2v) is 10.9.